The van der Waals surface area contributed by atoms with Crippen LogP contribution in [0, 0.1) is 6.92 Å². The first-order valence-corrected chi connectivity index (χ1v) is 6.92. The highest BCUT2D eigenvalue weighted by Crippen LogP contribution is 2.16. The number of nitrogens with zero attached hydrogens (tertiary/aromatic N) is 2. The first-order chi connectivity index (χ1) is 9.56. The Balaban J connectivity index is 1.78. The van der Waals surface area contributed by atoms with Crippen LogP contribution >= 0.6 is 11.3 Å². The van der Waals surface area contributed by atoms with Crippen molar-refractivity contribution in [1.29, 1.82) is 0 Å². The first-order valence-electron chi connectivity index (χ1n) is 6.04. The number of amides is 1. The monoisotopic (exact) mass is 297 g/mol. The Morgan fingerprint density at radius 3 is 3.10 bits per heavy atom. The number of carbonyl (C=O) groups excluding carboxylic acids is 1. The molecule has 20 heavy (non-hydrogen) atoms. The number of carbonyl (C=O) groups is 2. The summed E-state index contributed by atoms with van der Waals surface area (Å²) in [7, 11) is 0. The van der Waals surface area contributed by atoms with Gasteiger partial charge in [0.05, 0.1) is 18.7 Å². The number of nitrogens with one attached hydrogen (secondary N) is 1. The maximum Gasteiger partial charge on any atom is 0.329 e. The molecule has 0 unspecified atom stereocenters. The fraction of sp³-hybridized carbons (Fsp3) is 0.417. The number of aromatic nitrogens is 2. The van der Waals surface area contributed by atoms with E-state index in [-0.39, 0.29) is 25.5 Å². The van der Waals surface area contributed by atoms with Crippen molar-refractivity contribution in [3.05, 3.63) is 23.0 Å². The van der Waals surface area contributed by atoms with Crippen molar-refractivity contribution in [2.75, 3.05) is 19.8 Å². The molecular formula is C12H15N3O4S. The van der Waals surface area contributed by atoms with Gasteiger partial charge in [-0.15, -0.1) is 11.3 Å². The van der Waals surface area contributed by atoms with Crippen molar-refractivity contribution >= 4 is 28.2 Å². The van der Waals surface area contributed by atoms with Gasteiger partial charge >= 0.3 is 5.97 Å². The third kappa shape index (κ3) is 3.78. The summed E-state index contributed by atoms with van der Waals surface area (Å²) in [4.78, 5) is 27.1. The van der Waals surface area contributed by atoms with E-state index in [9.17, 15) is 9.59 Å². The molecular weight excluding hydrogens is 282 g/mol. The van der Waals surface area contributed by atoms with Crippen LogP contribution in [0.5, 0.6) is 0 Å². The van der Waals surface area contributed by atoms with E-state index in [0.29, 0.717) is 6.54 Å². The molecule has 108 valence electrons. The molecule has 0 saturated carbocycles. The zero-order valence-electron chi connectivity index (χ0n) is 11.0. The molecule has 0 radical (unpaired) electrons. The van der Waals surface area contributed by atoms with E-state index < -0.39 is 5.97 Å². The highest BCUT2D eigenvalue weighted by Gasteiger charge is 2.10. The Morgan fingerprint density at radius 1 is 1.55 bits per heavy atom. The minimum Gasteiger partial charge on any atom is -0.480 e. The van der Waals surface area contributed by atoms with E-state index in [1.165, 1.54) is 11.3 Å². The lowest BCUT2D eigenvalue weighted by Crippen LogP contribution is -2.29. The largest absolute Gasteiger partial charge is 0.480 e. The molecule has 0 bridgehead atoms. The van der Waals surface area contributed by atoms with Gasteiger partial charge in [-0.05, 0) is 6.92 Å². The van der Waals surface area contributed by atoms with E-state index >= 15 is 0 Å². The normalized spacial score (nSPS) is 10.8. The Hall–Kier alpha value is -1.93. The average Bonchev–Trinajstić information content (AvgIpc) is 2.89. The fourth-order valence-electron chi connectivity index (χ4n) is 1.72. The Kier molecular flexibility index (Phi) is 4.70. The number of aliphatic carboxylic acids is 1. The summed E-state index contributed by atoms with van der Waals surface area (Å²) in [5, 5.41) is 13.0. The van der Waals surface area contributed by atoms with Gasteiger partial charge in [0, 0.05) is 23.8 Å². The van der Waals surface area contributed by atoms with Crippen LogP contribution in [0.2, 0.25) is 0 Å². The van der Waals surface area contributed by atoms with Crippen LogP contribution in [-0.4, -0.2) is 46.1 Å². The van der Waals surface area contributed by atoms with Gasteiger partial charge in [0.15, 0.2) is 4.96 Å². The van der Waals surface area contributed by atoms with Crippen LogP contribution in [0.25, 0.3) is 4.96 Å². The second kappa shape index (κ2) is 6.49. The standard InChI is InChI=1S/C12H15N3O4S/c1-8-5-15-9(7-20-12(15)14-8)4-10(16)13-2-3-19-6-11(17)18/h5,7H,2-4,6H2,1H3,(H,13,16)(H,17,18). The van der Waals surface area contributed by atoms with Crippen LogP contribution < -0.4 is 5.32 Å². The molecule has 0 aromatic carbocycles. The molecule has 1 amide bonds. The van der Waals surface area contributed by atoms with Gasteiger partial charge in [-0.3, -0.25) is 9.20 Å². The van der Waals surface area contributed by atoms with Crippen LogP contribution in [0.4, 0.5) is 0 Å². The molecule has 0 fully saturated rings. The number of fused-ring (bicyclic) bond motifs is 1. The number of hydrogen-bond donors (Lipinski definition) is 2. The molecule has 0 aliphatic heterocycles. The summed E-state index contributed by atoms with van der Waals surface area (Å²) >= 11 is 1.49. The number of hydrogen-bond acceptors (Lipinski definition) is 5. The molecule has 0 spiro atoms. The van der Waals surface area contributed by atoms with Crippen LogP contribution in [0.15, 0.2) is 11.6 Å². The van der Waals surface area contributed by atoms with Crippen molar-refractivity contribution in [3.8, 4) is 0 Å². The lowest BCUT2D eigenvalue weighted by atomic mass is 10.3. The van der Waals surface area contributed by atoms with Crippen molar-refractivity contribution in [1.82, 2.24) is 14.7 Å². The minimum atomic E-state index is -1.02. The number of carboxylic acid groups (broad SMARTS) is 1. The van der Waals surface area contributed by atoms with E-state index in [1.54, 1.807) is 0 Å². The molecule has 2 aromatic heterocycles. The highest BCUT2D eigenvalue weighted by molar-refractivity contribution is 7.15. The summed E-state index contributed by atoms with van der Waals surface area (Å²) in [6.45, 7) is 2.03. The van der Waals surface area contributed by atoms with Crippen molar-refractivity contribution < 1.29 is 19.4 Å². The summed E-state index contributed by atoms with van der Waals surface area (Å²) in [6.07, 6.45) is 2.15. The van der Waals surface area contributed by atoms with E-state index in [0.717, 1.165) is 16.3 Å². The van der Waals surface area contributed by atoms with Gasteiger partial charge in [-0.1, -0.05) is 0 Å². The first kappa shape index (κ1) is 14.5. The quantitative estimate of drug-likeness (QED) is 0.724. The number of rotatable bonds is 7. The van der Waals surface area contributed by atoms with Crippen LogP contribution in [0.3, 0.4) is 0 Å². The lowest BCUT2D eigenvalue weighted by Gasteiger charge is -2.04. The smallest absolute Gasteiger partial charge is 0.329 e. The number of aryl methyl sites for hydroxylation is 1. The van der Waals surface area contributed by atoms with Crippen molar-refractivity contribution in [2.24, 2.45) is 0 Å². The summed E-state index contributed by atoms with van der Waals surface area (Å²) in [6, 6.07) is 0. The predicted octanol–water partition coefficient (Wildman–Crippen LogP) is 0.464. The summed E-state index contributed by atoms with van der Waals surface area (Å²) in [5.74, 6) is -1.15. The molecule has 2 heterocycles. The van der Waals surface area contributed by atoms with Gasteiger partial charge in [-0.2, -0.15) is 0 Å². The minimum absolute atomic E-state index is 0.130. The van der Waals surface area contributed by atoms with Crippen LogP contribution in [0.1, 0.15) is 11.4 Å². The molecule has 0 saturated heterocycles. The molecule has 2 rings (SSSR count). The Labute approximate surface area is 119 Å². The molecule has 2 N–H and O–H groups in total. The van der Waals surface area contributed by atoms with Gasteiger partial charge in [0.25, 0.3) is 0 Å². The number of imidazole rings is 1. The number of thiazole rings is 1. The topological polar surface area (TPSA) is 92.9 Å². The van der Waals surface area contributed by atoms with Crippen molar-refractivity contribution in [2.45, 2.75) is 13.3 Å². The van der Waals surface area contributed by atoms with Gasteiger partial charge in [0.2, 0.25) is 5.91 Å². The summed E-state index contributed by atoms with van der Waals surface area (Å²) < 4.78 is 6.73. The molecule has 0 aliphatic carbocycles. The Bertz CT molecular complexity index is 619. The molecule has 0 aliphatic rings. The zero-order valence-corrected chi connectivity index (χ0v) is 11.8. The maximum atomic E-state index is 11.7. The lowest BCUT2D eigenvalue weighted by molar-refractivity contribution is -0.142. The van der Waals surface area contributed by atoms with E-state index in [1.807, 2.05) is 22.9 Å². The fourth-order valence-corrected chi connectivity index (χ4v) is 2.64. The average molecular weight is 297 g/mol. The predicted molar refractivity (Wildman–Crippen MR) is 73.0 cm³/mol. The molecule has 2 aromatic rings. The maximum absolute atomic E-state index is 11.7. The van der Waals surface area contributed by atoms with Gasteiger partial charge in [-0.25, -0.2) is 9.78 Å². The summed E-state index contributed by atoms with van der Waals surface area (Å²) in [5.41, 5.74) is 1.80. The van der Waals surface area contributed by atoms with Crippen molar-refractivity contribution in [3.63, 3.8) is 0 Å². The van der Waals surface area contributed by atoms with Gasteiger partial charge in [0.1, 0.15) is 6.61 Å². The number of ether oxygens (including phenoxy) is 1. The second-order valence-electron chi connectivity index (χ2n) is 4.23. The number of carboxylic acids is 1. The second-order valence-corrected chi connectivity index (χ2v) is 5.07. The molecule has 0 atom stereocenters. The van der Waals surface area contributed by atoms with E-state index in [4.69, 9.17) is 9.84 Å². The third-order valence-electron chi connectivity index (χ3n) is 2.54. The van der Waals surface area contributed by atoms with Gasteiger partial charge < -0.3 is 15.2 Å². The van der Waals surface area contributed by atoms with Crippen LogP contribution in [-0.2, 0) is 20.7 Å². The van der Waals surface area contributed by atoms with E-state index in [2.05, 4.69) is 10.3 Å². The molecule has 8 heteroatoms. The highest BCUT2D eigenvalue weighted by atomic mass is 32.1. The zero-order chi connectivity index (χ0) is 14.5. The molecule has 7 nitrogen and oxygen atoms in total. The SMILES string of the molecule is Cc1cn2c(CC(=O)NCCOCC(=O)O)csc2n1. The third-order valence-corrected chi connectivity index (χ3v) is 3.43. The Morgan fingerprint density at radius 2 is 2.35 bits per heavy atom.